The Balaban J connectivity index is 1.69. The number of hydrogen-bond acceptors (Lipinski definition) is 3. The number of imidazole rings is 1. The summed E-state index contributed by atoms with van der Waals surface area (Å²) in [6, 6.07) is 13.5. The normalized spacial score (nSPS) is 11.5. The molecule has 1 heterocycles. The van der Waals surface area contributed by atoms with Gasteiger partial charge in [-0.15, -0.1) is 0 Å². The van der Waals surface area contributed by atoms with Gasteiger partial charge in [0.1, 0.15) is 5.75 Å². The molecule has 0 atom stereocenters. The van der Waals surface area contributed by atoms with Gasteiger partial charge in [0.2, 0.25) is 5.62 Å². The molecule has 0 unspecified atom stereocenters. The van der Waals surface area contributed by atoms with Crippen molar-refractivity contribution >= 4 is 34.2 Å². The molecule has 0 amide bonds. The highest BCUT2D eigenvalue weighted by molar-refractivity contribution is 6.35. The molecule has 0 aliphatic rings. The third-order valence-corrected chi connectivity index (χ3v) is 5.90. The molecule has 7 heteroatoms. The van der Waals surface area contributed by atoms with Gasteiger partial charge in [-0.05, 0) is 62.7 Å². The summed E-state index contributed by atoms with van der Waals surface area (Å²) >= 11 is 12.1. The van der Waals surface area contributed by atoms with Crippen LogP contribution in [0.1, 0.15) is 33.1 Å². The number of nitrogens with one attached hydrogen (secondary N) is 1. The second-order valence-electron chi connectivity index (χ2n) is 7.73. The molecular weight excluding hydrogens is 431 g/mol. The first kappa shape index (κ1) is 23.7. The quantitative estimate of drug-likeness (QED) is 0.344. The van der Waals surface area contributed by atoms with Crippen molar-refractivity contribution in [3.05, 3.63) is 58.1 Å². The lowest BCUT2D eigenvalue weighted by Gasteiger charge is -2.21. The Hall–Kier alpha value is -1.95. The van der Waals surface area contributed by atoms with Gasteiger partial charge in [0.15, 0.2) is 0 Å². The number of rotatable bonds is 12. The predicted molar refractivity (Wildman–Crippen MR) is 129 cm³/mol. The summed E-state index contributed by atoms with van der Waals surface area (Å²) in [6.45, 7) is 9.66. The van der Waals surface area contributed by atoms with Gasteiger partial charge >= 0.3 is 0 Å². The molecule has 0 radical (unpaired) electrons. The molecule has 5 nitrogen and oxygen atoms in total. The lowest BCUT2D eigenvalue weighted by Crippen LogP contribution is -2.33. The van der Waals surface area contributed by atoms with Gasteiger partial charge in [-0.2, -0.15) is 0 Å². The van der Waals surface area contributed by atoms with Crippen LogP contribution in [-0.4, -0.2) is 40.3 Å². The minimum Gasteiger partial charge on any atom is -0.492 e. The summed E-state index contributed by atoms with van der Waals surface area (Å²) in [7, 11) is 0. The minimum atomic E-state index is 0.515. The van der Waals surface area contributed by atoms with Crippen molar-refractivity contribution in [2.24, 2.45) is 0 Å². The topological polar surface area (TPSA) is 46.2 Å². The van der Waals surface area contributed by atoms with E-state index in [9.17, 15) is 0 Å². The molecular formula is C24H32Cl2N4O. The monoisotopic (exact) mass is 462 g/mol. The number of benzene rings is 2. The summed E-state index contributed by atoms with van der Waals surface area (Å²) in [5.74, 6) is 0.636. The molecule has 1 N–H and O–H groups in total. The van der Waals surface area contributed by atoms with Crippen LogP contribution in [-0.2, 0) is 13.1 Å². The highest BCUT2D eigenvalue weighted by atomic mass is 35.5. The van der Waals surface area contributed by atoms with Crippen LogP contribution >= 0.6 is 23.2 Å². The summed E-state index contributed by atoms with van der Waals surface area (Å²) in [4.78, 5) is 2.49. The fraction of sp³-hybridized carbons (Fsp3) is 0.458. The zero-order valence-electron chi connectivity index (χ0n) is 18.4. The second kappa shape index (κ2) is 11.6. The lowest BCUT2D eigenvalue weighted by molar-refractivity contribution is 0.262. The predicted octanol–water partition coefficient (Wildman–Crippen LogP) is 5.82. The Labute approximate surface area is 194 Å². The van der Waals surface area contributed by atoms with Gasteiger partial charge in [-0.3, -0.25) is 5.41 Å². The first-order valence-corrected chi connectivity index (χ1v) is 11.8. The van der Waals surface area contributed by atoms with E-state index < -0.39 is 0 Å². The summed E-state index contributed by atoms with van der Waals surface area (Å²) in [5.41, 5.74) is 2.75. The van der Waals surface area contributed by atoms with E-state index in [1.165, 1.54) is 0 Å². The van der Waals surface area contributed by atoms with Crippen LogP contribution in [0.4, 0.5) is 0 Å². The number of nitrogens with zero attached hydrogens (tertiary/aromatic N) is 3. The van der Waals surface area contributed by atoms with Gasteiger partial charge in [-0.1, -0.05) is 49.2 Å². The number of aromatic nitrogens is 2. The maximum atomic E-state index is 8.81. The molecule has 0 saturated carbocycles. The molecule has 1 aromatic heterocycles. The molecule has 0 saturated heterocycles. The van der Waals surface area contributed by atoms with Gasteiger partial charge in [0.05, 0.1) is 22.7 Å². The van der Waals surface area contributed by atoms with Crippen molar-refractivity contribution in [3.8, 4) is 5.75 Å². The van der Waals surface area contributed by atoms with Gasteiger partial charge in [-0.25, -0.2) is 0 Å². The fourth-order valence-electron chi connectivity index (χ4n) is 3.95. The number of halogens is 2. The Morgan fingerprint density at radius 2 is 1.55 bits per heavy atom. The van der Waals surface area contributed by atoms with Crippen molar-refractivity contribution in [2.75, 3.05) is 26.2 Å². The highest BCUT2D eigenvalue weighted by Crippen LogP contribution is 2.27. The Morgan fingerprint density at radius 1 is 0.903 bits per heavy atom. The smallest absolute Gasteiger partial charge is 0.203 e. The maximum absolute atomic E-state index is 8.81. The highest BCUT2D eigenvalue weighted by Gasteiger charge is 2.12. The number of hydrogen-bond donors (Lipinski definition) is 1. The van der Waals surface area contributed by atoms with Crippen LogP contribution in [0.5, 0.6) is 5.75 Å². The first-order chi connectivity index (χ1) is 15.0. The van der Waals surface area contributed by atoms with Gasteiger partial charge in [0, 0.05) is 24.7 Å². The Kier molecular flexibility index (Phi) is 8.88. The molecule has 2 aromatic carbocycles. The zero-order chi connectivity index (χ0) is 22.2. The van der Waals surface area contributed by atoms with Crippen LogP contribution in [0.25, 0.3) is 11.0 Å². The molecule has 0 fully saturated rings. The molecule has 0 spiro atoms. The van der Waals surface area contributed by atoms with Crippen molar-refractivity contribution in [3.63, 3.8) is 0 Å². The van der Waals surface area contributed by atoms with Crippen molar-refractivity contribution in [2.45, 2.75) is 46.2 Å². The zero-order valence-corrected chi connectivity index (χ0v) is 19.9. The number of ether oxygens (including phenoxy) is 1. The molecule has 168 valence electrons. The van der Waals surface area contributed by atoms with Crippen LogP contribution < -0.4 is 10.4 Å². The lowest BCUT2D eigenvalue weighted by atomic mass is 10.3. The molecule has 0 aliphatic heterocycles. The second-order valence-corrected chi connectivity index (χ2v) is 8.58. The fourth-order valence-corrected chi connectivity index (χ4v) is 4.42. The SMILES string of the molecule is CCCN(CCC)CCn1c(=N)n(CCCOc2ccc(Cl)cc2Cl)c2ccccc21. The van der Waals surface area contributed by atoms with E-state index in [2.05, 4.69) is 40.0 Å². The van der Waals surface area contributed by atoms with E-state index in [-0.39, 0.29) is 0 Å². The van der Waals surface area contributed by atoms with Gasteiger partial charge in [0.25, 0.3) is 0 Å². The number of aryl methyl sites for hydroxylation is 1. The molecule has 0 aliphatic carbocycles. The minimum absolute atomic E-state index is 0.515. The van der Waals surface area contributed by atoms with E-state index in [0.29, 0.717) is 34.6 Å². The first-order valence-electron chi connectivity index (χ1n) is 11.1. The molecule has 0 bridgehead atoms. The van der Waals surface area contributed by atoms with E-state index >= 15 is 0 Å². The van der Waals surface area contributed by atoms with Crippen molar-refractivity contribution in [1.82, 2.24) is 14.0 Å². The molecule has 31 heavy (non-hydrogen) atoms. The van der Waals surface area contributed by atoms with E-state index in [0.717, 1.165) is 56.5 Å². The number of fused-ring (bicyclic) bond motifs is 1. The summed E-state index contributed by atoms with van der Waals surface area (Å²) in [5, 5.41) is 9.92. The molecule has 3 aromatic rings. The van der Waals surface area contributed by atoms with Crippen LogP contribution in [0.15, 0.2) is 42.5 Å². The van der Waals surface area contributed by atoms with Crippen LogP contribution in [0.2, 0.25) is 10.0 Å². The summed E-state index contributed by atoms with van der Waals surface area (Å²) in [6.07, 6.45) is 3.08. The third kappa shape index (κ3) is 6.06. The largest absolute Gasteiger partial charge is 0.492 e. The Bertz CT molecular complexity index is 1040. The standard InChI is InChI=1S/C24H32Cl2N4O/c1-3-12-28(13-4-2)15-16-30-22-9-6-5-8-21(22)29(24(30)27)14-7-17-31-23-11-10-19(25)18-20(23)26/h5-6,8-11,18,27H,3-4,7,12-17H2,1-2H3. The average Bonchev–Trinajstić information content (AvgIpc) is 3.02. The molecule has 3 rings (SSSR count). The Morgan fingerprint density at radius 3 is 2.16 bits per heavy atom. The van der Waals surface area contributed by atoms with E-state index in [1.807, 2.05) is 12.1 Å². The van der Waals surface area contributed by atoms with Gasteiger partial charge < -0.3 is 18.8 Å². The van der Waals surface area contributed by atoms with E-state index in [1.54, 1.807) is 18.2 Å². The third-order valence-electron chi connectivity index (χ3n) is 5.37. The number of para-hydroxylation sites is 2. The maximum Gasteiger partial charge on any atom is 0.203 e. The van der Waals surface area contributed by atoms with Crippen LogP contribution in [0.3, 0.4) is 0 Å². The van der Waals surface area contributed by atoms with Crippen LogP contribution in [0, 0.1) is 5.41 Å². The van der Waals surface area contributed by atoms with E-state index in [4.69, 9.17) is 33.3 Å². The van der Waals surface area contributed by atoms with Crippen molar-refractivity contribution in [1.29, 1.82) is 5.41 Å². The average molecular weight is 463 g/mol. The summed E-state index contributed by atoms with van der Waals surface area (Å²) < 4.78 is 10.0. The van der Waals surface area contributed by atoms with Crippen molar-refractivity contribution < 1.29 is 4.74 Å².